The molecule has 0 saturated heterocycles. The average Bonchev–Trinajstić information content (AvgIpc) is 3.02. The fourth-order valence-electron chi connectivity index (χ4n) is 2.87. The molecule has 0 saturated carbocycles. The van der Waals surface area contributed by atoms with Crippen molar-refractivity contribution in [2.75, 3.05) is 5.32 Å². The number of nitrogens with one attached hydrogen (secondary N) is 1. The van der Waals surface area contributed by atoms with Crippen LogP contribution in [0.1, 0.15) is 53.0 Å². The van der Waals surface area contributed by atoms with E-state index in [9.17, 15) is 9.90 Å². The third-order valence-corrected chi connectivity index (χ3v) is 4.96. The van der Waals surface area contributed by atoms with Gasteiger partial charge in [0.05, 0.1) is 11.7 Å². The second kappa shape index (κ2) is 5.18. The van der Waals surface area contributed by atoms with E-state index in [-0.39, 0.29) is 6.04 Å². The highest BCUT2D eigenvalue weighted by Gasteiger charge is 2.32. The summed E-state index contributed by atoms with van der Waals surface area (Å²) in [5.41, 5.74) is 1.85. The number of aromatic nitrogens is 1. The Hall–Kier alpha value is -1.82. The van der Waals surface area contributed by atoms with Crippen molar-refractivity contribution in [3.8, 4) is 0 Å². The first-order valence-corrected chi connectivity index (χ1v) is 7.83. The lowest BCUT2D eigenvalue weighted by molar-refractivity contribution is -0.138. The second-order valence-corrected chi connectivity index (χ2v) is 6.58. The van der Waals surface area contributed by atoms with Gasteiger partial charge in [-0.3, -0.25) is 4.79 Å². The topological polar surface area (TPSA) is 75.4 Å². The molecule has 5 nitrogen and oxygen atoms in total. The lowest BCUT2D eigenvalue weighted by Gasteiger charge is -2.12. The van der Waals surface area contributed by atoms with E-state index >= 15 is 0 Å². The van der Waals surface area contributed by atoms with Crippen LogP contribution < -0.4 is 5.32 Å². The molecule has 0 spiro atoms. The highest BCUT2D eigenvalue weighted by molar-refractivity contribution is 7.15. The van der Waals surface area contributed by atoms with Gasteiger partial charge in [0.2, 0.25) is 0 Å². The molecule has 2 unspecified atom stereocenters. The summed E-state index contributed by atoms with van der Waals surface area (Å²) in [5.74, 6) is 0.573. The van der Waals surface area contributed by atoms with Crippen LogP contribution in [-0.2, 0) is 11.2 Å². The molecular formula is C15H18N2O3S. The summed E-state index contributed by atoms with van der Waals surface area (Å²) in [7, 11) is 0. The van der Waals surface area contributed by atoms with E-state index in [1.807, 2.05) is 19.9 Å². The van der Waals surface area contributed by atoms with Gasteiger partial charge in [0.1, 0.15) is 17.4 Å². The quantitative estimate of drug-likeness (QED) is 0.902. The van der Waals surface area contributed by atoms with E-state index in [1.54, 1.807) is 11.3 Å². The average molecular weight is 306 g/mol. The fraction of sp³-hybridized carbons (Fsp3) is 0.467. The molecule has 2 aromatic rings. The van der Waals surface area contributed by atoms with Crippen LogP contribution in [0.25, 0.3) is 0 Å². The number of anilines is 1. The van der Waals surface area contributed by atoms with E-state index in [1.165, 1.54) is 0 Å². The third kappa shape index (κ3) is 2.55. The maximum Gasteiger partial charge on any atom is 0.312 e. The van der Waals surface area contributed by atoms with Gasteiger partial charge in [-0.05, 0) is 39.7 Å². The fourth-order valence-corrected chi connectivity index (χ4v) is 4.00. The van der Waals surface area contributed by atoms with Crippen LogP contribution in [0, 0.1) is 13.8 Å². The first-order chi connectivity index (χ1) is 9.95. The predicted molar refractivity (Wildman–Crippen MR) is 81.0 cm³/mol. The molecule has 1 aliphatic rings. The summed E-state index contributed by atoms with van der Waals surface area (Å²) in [6.45, 7) is 5.93. The minimum atomic E-state index is -0.778. The van der Waals surface area contributed by atoms with Crippen LogP contribution in [0.5, 0.6) is 0 Å². The number of carbonyl (C=O) groups is 1. The number of fused-ring (bicyclic) bond motifs is 1. The Morgan fingerprint density at radius 1 is 1.57 bits per heavy atom. The number of nitrogens with zero attached hydrogens (tertiary/aromatic N) is 1. The van der Waals surface area contributed by atoms with E-state index in [0.717, 1.165) is 39.2 Å². The van der Waals surface area contributed by atoms with Gasteiger partial charge in [0, 0.05) is 10.4 Å². The van der Waals surface area contributed by atoms with E-state index in [2.05, 4.69) is 17.2 Å². The Morgan fingerprint density at radius 3 is 2.95 bits per heavy atom. The first kappa shape index (κ1) is 14.1. The normalized spacial score (nSPS) is 18.5. The van der Waals surface area contributed by atoms with Gasteiger partial charge < -0.3 is 14.8 Å². The number of aryl methyl sites for hydroxylation is 3. The van der Waals surface area contributed by atoms with Crippen molar-refractivity contribution in [3.05, 3.63) is 33.7 Å². The number of carboxylic acid groups (broad SMARTS) is 1. The molecule has 0 aromatic carbocycles. The molecule has 6 heteroatoms. The van der Waals surface area contributed by atoms with Gasteiger partial charge in [0.15, 0.2) is 5.13 Å². The molecule has 1 aliphatic carbocycles. The summed E-state index contributed by atoms with van der Waals surface area (Å²) >= 11 is 1.56. The zero-order chi connectivity index (χ0) is 15.1. The summed E-state index contributed by atoms with van der Waals surface area (Å²) < 4.78 is 5.55. The highest BCUT2D eigenvalue weighted by atomic mass is 32.1. The number of thiazole rings is 1. The smallest absolute Gasteiger partial charge is 0.312 e. The maximum atomic E-state index is 11.2. The van der Waals surface area contributed by atoms with Crippen molar-refractivity contribution in [2.45, 2.75) is 45.6 Å². The molecular weight excluding hydrogens is 288 g/mol. The van der Waals surface area contributed by atoms with Gasteiger partial charge in [-0.15, -0.1) is 11.3 Å². The Morgan fingerprint density at radius 2 is 2.33 bits per heavy atom. The summed E-state index contributed by atoms with van der Waals surface area (Å²) in [6.07, 6.45) is 1.48. The molecule has 0 aliphatic heterocycles. The Bertz CT molecular complexity index is 689. The van der Waals surface area contributed by atoms with E-state index in [4.69, 9.17) is 4.42 Å². The number of furan rings is 1. The Labute approximate surface area is 127 Å². The predicted octanol–water partition coefficient (Wildman–Crippen LogP) is 3.64. The van der Waals surface area contributed by atoms with Gasteiger partial charge >= 0.3 is 5.97 Å². The maximum absolute atomic E-state index is 11.2. The molecule has 0 radical (unpaired) electrons. The summed E-state index contributed by atoms with van der Waals surface area (Å²) in [4.78, 5) is 16.8. The molecule has 2 atom stereocenters. The molecule has 2 aromatic heterocycles. The van der Waals surface area contributed by atoms with Crippen LogP contribution >= 0.6 is 11.3 Å². The SMILES string of the molecule is Cc1cc(C(C)Nc2nc3c(s2)CCC3C(=O)O)c(C)o1. The monoisotopic (exact) mass is 306 g/mol. The third-order valence-electron chi connectivity index (χ3n) is 3.90. The molecule has 2 N–H and O–H groups in total. The first-order valence-electron chi connectivity index (χ1n) is 7.01. The van der Waals surface area contributed by atoms with Gasteiger partial charge in [-0.1, -0.05) is 0 Å². The second-order valence-electron chi connectivity index (χ2n) is 5.49. The van der Waals surface area contributed by atoms with Crippen molar-refractivity contribution in [1.29, 1.82) is 0 Å². The van der Waals surface area contributed by atoms with Crippen LogP contribution in [0.4, 0.5) is 5.13 Å². The summed E-state index contributed by atoms with van der Waals surface area (Å²) in [5, 5.41) is 13.3. The minimum absolute atomic E-state index is 0.0806. The number of rotatable bonds is 4. The minimum Gasteiger partial charge on any atom is -0.481 e. The number of aliphatic carboxylic acids is 1. The van der Waals surface area contributed by atoms with Crippen LogP contribution in [0.2, 0.25) is 0 Å². The van der Waals surface area contributed by atoms with Gasteiger partial charge in [-0.2, -0.15) is 0 Å². The molecule has 21 heavy (non-hydrogen) atoms. The van der Waals surface area contributed by atoms with Crippen molar-refractivity contribution < 1.29 is 14.3 Å². The standard InChI is InChI=1S/C15H18N2O3S/c1-7-6-11(9(3)20-7)8(2)16-15-17-13-10(14(18)19)4-5-12(13)21-15/h6,8,10H,4-5H2,1-3H3,(H,16,17)(H,18,19). The van der Waals surface area contributed by atoms with Crippen LogP contribution in [0.15, 0.2) is 10.5 Å². The van der Waals surface area contributed by atoms with E-state index < -0.39 is 11.9 Å². The Balaban J connectivity index is 1.79. The Kier molecular flexibility index (Phi) is 3.49. The largest absolute Gasteiger partial charge is 0.481 e. The molecule has 0 amide bonds. The van der Waals surface area contributed by atoms with Gasteiger partial charge in [-0.25, -0.2) is 4.98 Å². The molecule has 2 heterocycles. The molecule has 0 fully saturated rings. The van der Waals surface area contributed by atoms with Crippen LogP contribution in [0.3, 0.4) is 0 Å². The van der Waals surface area contributed by atoms with Crippen molar-refractivity contribution in [1.82, 2.24) is 4.98 Å². The lowest BCUT2D eigenvalue weighted by atomic mass is 10.1. The van der Waals surface area contributed by atoms with Crippen molar-refractivity contribution in [2.24, 2.45) is 0 Å². The highest BCUT2D eigenvalue weighted by Crippen LogP contribution is 2.39. The van der Waals surface area contributed by atoms with Crippen molar-refractivity contribution in [3.63, 3.8) is 0 Å². The zero-order valence-electron chi connectivity index (χ0n) is 12.3. The number of hydrogen-bond acceptors (Lipinski definition) is 5. The zero-order valence-corrected chi connectivity index (χ0v) is 13.1. The van der Waals surface area contributed by atoms with E-state index in [0.29, 0.717) is 6.42 Å². The summed E-state index contributed by atoms with van der Waals surface area (Å²) in [6, 6.07) is 2.10. The number of carboxylic acids is 1. The van der Waals surface area contributed by atoms with Crippen LogP contribution in [-0.4, -0.2) is 16.1 Å². The molecule has 0 bridgehead atoms. The van der Waals surface area contributed by atoms with Gasteiger partial charge in [0.25, 0.3) is 0 Å². The lowest BCUT2D eigenvalue weighted by Crippen LogP contribution is -2.10. The van der Waals surface area contributed by atoms with Crippen molar-refractivity contribution >= 4 is 22.4 Å². The molecule has 112 valence electrons. The molecule has 3 rings (SSSR count). The number of hydrogen-bond donors (Lipinski definition) is 2.